The van der Waals surface area contributed by atoms with Crippen LogP contribution < -0.4 is 5.32 Å². The molecule has 0 radical (unpaired) electrons. The molecule has 1 heterocycles. The van der Waals surface area contributed by atoms with E-state index in [1.54, 1.807) is 0 Å². The molecule has 1 fully saturated rings. The third-order valence-electron chi connectivity index (χ3n) is 5.20. The molecule has 2 rings (SSSR count). The maximum absolute atomic E-state index is 4.82. The molecule has 0 aromatic heterocycles. The summed E-state index contributed by atoms with van der Waals surface area (Å²) in [4.78, 5) is 12.1. The molecule has 160 valence electrons. The van der Waals surface area contributed by atoms with Crippen LogP contribution in [-0.2, 0) is 13.1 Å². The minimum absolute atomic E-state index is 0. The van der Waals surface area contributed by atoms with Crippen molar-refractivity contribution in [2.75, 3.05) is 53.4 Å². The van der Waals surface area contributed by atoms with Crippen molar-refractivity contribution in [3.8, 4) is 0 Å². The maximum Gasteiger partial charge on any atom is 0.193 e. The van der Waals surface area contributed by atoms with Gasteiger partial charge in [-0.25, -0.2) is 4.99 Å². The van der Waals surface area contributed by atoms with Crippen molar-refractivity contribution in [1.29, 1.82) is 0 Å². The third kappa shape index (κ3) is 9.09. The van der Waals surface area contributed by atoms with E-state index in [-0.39, 0.29) is 24.0 Å². The molecule has 5 nitrogen and oxygen atoms in total. The quantitative estimate of drug-likeness (QED) is 0.335. The topological polar surface area (TPSA) is 34.1 Å². The van der Waals surface area contributed by atoms with E-state index in [9.17, 15) is 0 Å². The zero-order valence-corrected chi connectivity index (χ0v) is 20.6. The number of rotatable bonds is 8. The lowest BCUT2D eigenvalue weighted by atomic mass is 10.1. The summed E-state index contributed by atoms with van der Waals surface area (Å²) < 4.78 is 0. The first-order valence-corrected chi connectivity index (χ1v) is 10.6. The molecule has 6 heteroatoms. The zero-order valence-electron chi connectivity index (χ0n) is 18.3. The van der Waals surface area contributed by atoms with Crippen molar-refractivity contribution >= 4 is 29.9 Å². The van der Waals surface area contributed by atoms with E-state index in [0.717, 1.165) is 32.1 Å². The highest BCUT2D eigenvalue weighted by atomic mass is 127. The molecule has 1 N–H and O–H groups in total. The van der Waals surface area contributed by atoms with Crippen LogP contribution >= 0.6 is 24.0 Å². The first-order chi connectivity index (χ1) is 13.1. The van der Waals surface area contributed by atoms with E-state index < -0.39 is 0 Å². The van der Waals surface area contributed by atoms with Crippen LogP contribution in [0.1, 0.15) is 44.2 Å². The number of unbranched alkanes of at least 4 members (excludes halogenated alkanes) is 1. The molecule has 28 heavy (non-hydrogen) atoms. The number of aliphatic imine (C=N–C) groups is 1. The summed E-state index contributed by atoms with van der Waals surface area (Å²) in [5.41, 5.74) is 2.67. The fourth-order valence-corrected chi connectivity index (χ4v) is 3.40. The monoisotopic (exact) mass is 501 g/mol. The van der Waals surface area contributed by atoms with Crippen LogP contribution in [0.3, 0.4) is 0 Å². The van der Waals surface area contributed by atoms with Crippen LogP contribution in [-0.4, -0.2) is 74.0 Å². The van der Waals surface area contributed by atoms with Gasteiger partial charge in [-0.3, -0.25) is 4.90 Å². The van der Waals surface area contributed by atoms with Crippen LogP contribution in [0.5, 0.6) is 0 Å². The van der Waals surface area contributed by atoms with E-state index in [4.69, 9.17) is 4.99 Å². The molecular weight excluding hydrogens is 461 g/mol. The highest BCUT2D eigenvalue weighted by molar-refractivity contribution is 14.0. The Morgan fingerprint density at radius 1 is 1.07 bits per heavy atom. The van der Waals surface area contributed by atoms with Gasteiger partial charge in [-0.05, 0) is 51.0 Å². The maximum atomic E-state index is 4.82. The van der Waals surface area contributed by atoms with Crippen molar-refractivity contribution in [2.45, 2.75) is 46.2 Å². The summed E-state index contributed by atoms with van der Waals surface area (Å²) in [6.07, 6.45) is 3.67. The largest absolute Gasteiger partial charge is 0.357 e. The number of hydrogen-bond acceptors (Lipinski definition) is 3. The molecular formula is C22H40IN5. The predicted molar refractivity (Wildman–Crippen MR) is 132 cm³/mol. The van der Waals surface area contributed by atoms with E-state index in [1.807, 2.05) is 0 Å². The summed E-state index contributed by atoms with van der Waals surface area (Å²) in [6.45, 7) is 12.8. The van der Waals surface area contributed by atoms with Gasteiger partial charge in [0.2, 0.25) is 0 Å². The molecule has 0 bridgehead atoms. The number of hydrogen-bond donors (Lipinski definition) is 1. The van der Waals surface area contributed by atoms with Crippen molar-refractivity contribution in [1.82, 2.24) is 20.0 Å². The number of benzene rings is 1. The summed E-state index contributed by atoms with van der Waals surface area (Å²) in [7, 11) is 4.35. The number of likely N-dealkylation sites (N-methyl/N-ethyl adjacent to an activating group) is 1. The standard InChI is InChI=1S/C22H39N5.HI/c1-5-7-14-26(4)22(23-6-2)24-18-20-9-11-21(12-10-20)19-27-15-8-13-25(3)16-17-27;/h9-12H,5-8,13-19H2,1-4H3,(H,23,24);1H. The van der Waals surface area contributed by atoms with Gasteiger partial charge >= 0.3 is 0 Å². The van der Waals surface area contributed by atoms with Gasteiger partial charge in [0.25, 0.3) is 0 Å². The van der Waals surface area contributed by atoms with Crippen molar-refractivity contribution in [2.24, 2.45) is 4.99 Å². The summed E-state index contributed by atoms with van der Waals surface area (Å²) in [6, 6.07) is 9.01. The molecule has 1 saturated heterocycles. The van der Waals surface area contributed by atoms with Crippen LogP contribution in [0, 0.1) is 0 Å². The second kappa shape index (κ2) is 14.2. The Labute approximate surface area is 189 Å². The molecule has 1 aromatic carbocycles. The van der Waals surface area contributed by atoms with Gasteiger partial charge in [0, 0.05) is 39.8 Å². The minimum atomic E-state index is 0. The minimum Gasteiger partial charge on any atom is -0.357 e. The van der Waals surface area contributed by atoms with Crippen molar-refractivity contribution in [3.63, 3.8) is 0 Å². The third-order valence-corrected chi connectivity index (χ3v) is 5.20. The Balaban J connectivity index is 0.00000392. The summed E-state index contributed by atoms with van der Waals surface area (Å²) in [5.74, 6) is 1.00. The predicted octanol–water partition coefficient (Wildman–Crippen LogP) is 3.64. The number of guanidine groups is 1. The van der Waals surface area contributed by atoms with Crippen molar-refractivity contribution in [3.05, 3.63) is 35.4 Å². The Bertz CT molecular complexity index is 561. The smallest absolute Gasteiger partial charge is 0.193 e. The fourth-order valence-electron chi connectivity index (χ4n) is 3.40. The fraction of sp³-hybridized carbons (Fsp3) is 0.682. The normalized spacial score (nSPS) is 16.4. The second-order valence-corrected chi connectivity index (χ2v) is 7.69. The molecule has 1 aromatic rings. The molecule has 0 saturated carbocycles. The molecule has 1 aliphatic heterocycles. The van der Waals surface area contributed by atoms with E-state index in [1.165, 1.54) is 56.6 Å². The highest BCUT2D eigenvalue weighted by Gasteiger charge is 2.12. The lowest BCUT2D eigenvalue weighted by molar-refractivity contribution is 0.269. The van der Waals surface area contributed by atoms with Gasteiger partial charge in [-0.1, -0.05) is 37.6 Å². The van der Waals surface area contributed by atoms with Crippen LogP contribution in [0.2, 0.25) is 0 Å². The first kappa shape index (κ1) is 25.2. The first-order valence-electron chi connectivity index (χ1n) is 10.6. The van der Waals surface area contributed by atoms with E-state index in [2.05, 4.69) is 72.2 Å². The van der Waals surface area contributed by atoms with Crippen molar-refractivity contribution < 1.29 is 0 Å². The van der Waals surface area contributed by atoms with Gasteiger partial charge in [-0.2, -0.15) is 0 Å². The Hall–Kier alpha value is -0.860. The van der Waals surface area contributed by atoms with Gasteiger partial charge < -0.3 is 15.1 Å². The van der Waals surface area contributed by atoms with Crippen LogP contribution in [0.15, 0.2) is 29.3 Å². The Kier molecular flexibility index (Phi) is 12.7. The molecule has 0 atom stereocenters. The number of halogens is 1. The average molecular weight is 502 g/mol. The molecule has 0 spiro atoms. The van der Waals surface area contributed by atoms with E-state index >= 15 is 0 Å². The highest BCUT2D eigenvalue weighted by Crippen LogP contribution is 2.11. The van der Waals surface area contributed by atoms with E-state index in [0.29, 0.717) is 0 Å². The lowest BCUT2D eigenvalue weighted by Gasteiger charge is -2.22. The van der Waals surface area contributed by atoms with Gasteiger partial charge in [0.15, 0.2) is 5.96 Å². The summed E-state index contributed by atoms with van der Waals surface area (Å²) in [5, 5.41) is 3.40. The number of nitrogens with zero attached hydrogens (tertiary/aromatic N) is 4. The average Bonchev–Trinajstić information content (AvgIpc) is 2.88. The van der Waals surface area contributed by atoms with Gasteiger partial charge in [0.05, 0.1) is 6.54 Å². The molecule has 0 aliphatic carbocycles. The second-order valence-electron chi connectivity index (χ2n) is 7.69. The lowest BCUT2D eigenvalue weighted by Crippen LogP contribution is -2.39. The van der Waals surface area contributed by atoms with Crippen LogP contribution in [0.25, 0.3) is 0 Å². The van der Waals surface area contributed by atoms with Crippen LogP contribution in [0.4, 0.5) is 0 Å². The number of nitrogens with one attached hydrogen (secondary N) is 1. The molecule has 0 unspecified atom stereocenters. The Morgan fingerprint density at radius 2 is 1.79 bits per heavy atom. The van der Waals surface area contributed by atoms with Gasteiger partial charge in [0.1, 0.15) is 0 Å². The summed E-state index contributed by atoms with van der Waals surface area (Å²) >= 11 is 0. The Morgan fingerprint density at radius 3 is 2.46 bits per heavy atom. The molecule has 0 amide bonds. The molecule has 1 aliphatic rings. The van der Waals surface area contributed by atoms with Gasteiger partial charge in [-0.15, -0.1) is 24.0 Å². The SMILES string of the molecule is CCCCN(C)C(=NCc1ccc(CN2CCCN(C)CC2)cc1)NCC.I. The zero-order chi connectivity index (χ0) is 19.5.